The Morgan fingerprint density at radius 3 is 3.13 bits per heavy atom. The Balaban J connectivity index is 1.71. The minimum atomic E-state index is 0.222. The van der Waals surface area contributed by atoms with Crippen molar-refractivity contribution in [2.24, 2.45) is 0 Å². The van der Waals surface area contributed by atoms with Crippen molar-refractivity contribution in [1.29, 1.82) is 0 Å². The van der Waals surface area contributed by atoms with E-state index in [2.05, 4.69) is 16.4 Å². The van der Waals surface area contributed by atoms with Gasteiger partial charge in [0, 0.05) is 6.20 Å². The Morgan fingerprint density at radius 1 is 1.39 bits per heavy atom. The molecule has 0 spiro atoms. The van der Waals surface area contributed by atoms with Gasteiger partial charge in [0.2, 0.25) is 0 Å². The molecule has 116 valence electrons. The van der Waals surface area contributed by atoms with E-state index in [1.165, 1.54) is 22.5 Å². The summed E-state index contributed by atoms with van der Waals surface area (Å²) >= 11 is 1.48. The molecular formula is C18H16N2O2S. The number of methoxy groups -OCH3 is 1. The van der Waals surface area contributed by atoms with Crippen molar-refractivity contribution >= 4 is 33.5 Å². The number of anilines is 1. The van der Waals surface area contributed by atoms with Crippen LogP contribution >= 0.6 is 11.3 Å². The van der Waals surface area contributed by atoms with Gasteiger partial charge < -0.3 is 10.1 Å². The largest absolute Gasteiger partial charge is 0.496 e. The number of nitrogens with one attached hydrogen (secondary N) is 1. The number of carbonyl (C=O) groups excluding carboxylic acids is 1. The van der Waals surface area contributed by atoms with Gasteiger partial charge in [-0.2, -0.15) is 0 Å². The maximum absolute atomic E-state index is 11.0. The lowest BCUT2D eigenvalue weighted by Crippen LogP contribution is -2.08. The molecule has 2 aromatic heterocycles. The molecule has 0 radical (unpaired) electrons. The number of rotatable bonds is 4. The molecule has 1 aliphatic rings. The molecule has 0 aliphatic heterocycles. The monoisotopic (exact) mass is 324 g/mol. The first-order valence-electron chi connectivity index (χ1n) is 7.56. The fourth-order valence-electron chi connectivity index (χ4n) is 3.27. The predicted molar refractivity (Wildman–Crippen MR) is 92.7 cm³/mol. The summed E-state index contributed by atoms with van der Waals surface area (Å²) in [6.07, 6.45) is 4.69. The predicted octanol–water partition coefficient (Wildman–Crippen LogP) is 4.22. The summed E-state index contributed by atoms with van der Waals surface area (Å²) in [5.74, 6) is 1.80. The van der Waals surface area contributed by atoms with Gasteiger partial charge in [-0.3, -0.25) is 4.79 Å². The number of hydrogen-bond acceptors (Lipinski definition) is 5. The lowest BCUT2D eigenvalue weighted by molar-refractivity contribution is 0.112. The summed E-state index contributed by atoms with van der Waals surface area (Å²) in [6.45, 7) is 0. The smallest absolute Gasteiger partial charge is 0.160 e. The van der Waals surface area contributed by atoms with Gasteiger partial charge in [0.15, 0.2) is 6.29 Å². The first kappa shape index (κ1) is 14.2. The van der Waals surface area contributed by atoms with Gasteiger partial charge in [-0.05, 0) is 47.6 Å². The lowest BCUT2D eigenvalue weighted by Gasteiger charge is -2.16. The molecule has 4 rings (SSSR count). The number of pyridine rings is 1. The number of ether oxygens (including phenoxy) is 1. The molecule has 0 saturated carbocycles. The summed E-state index contributed by atoms with van der Waals surface area (Å²) in [4.78, 5) is 16.2. The summed E-state index contributed by atoms with van der Waals surface area (Å²) in [7, 11) is 1.71. The molecule has 2 heterocycles. The Bertz CT molecular complexity index is 888. The molecule has 1 aliphatic carbocycles. The molecule has 0 fully saturated rings. The second-order valence-electron chi connectivity index (χ2n) is 5.61. The number of aldehydes is 1. The summed E-state index contributed by atoms with van der Waals surface area (Å²) in [5.41, 5.74) is 2.55. The number of fused-ring (bicyclic) bond motifs is 2. The number of carbonyl (C=O) groups is 1. The fourth-order valence-corrected chi connectivity index (χ4v) is 4.20. The zero-order valence-corrected chi connectivity index (χ0v) is 13.5. The molecule has 4 nitrogen and oxygen atoms in total. The number of thiophene rings is 1. The van der Waals surface area contributed by atoms with E-state index >= 15 is 0 Å². The van der Waals surface area contributed by atoms with Crippen LogP contribution in [-0.2, 0) is 6.42 Å². The van der Waals surface area contributed by atoms with E-state index in [9.17, 15) is 4.79 Å². The van der Waals surface area contributed by atoms with E-state index in [1.807, 2.05) is 24.3 Å². The normalized spacial score (nSPS) is 16.3. The van der Waals surface area contributed by atoms with Gasteiger partial charge in [-0.1, -0.05) is 12.1 Å². The average Bonchev–Trinajstić information content (AvgIpc) is 3.19. The molecule has 0 amide bonds. The Kier molecular flexibility index (Phi) is 3.50. The van der Waals surface area contributed by atoms with Gasteiger partial charge in [0.05, 0.1) is 22.7 Å². The second kappa shape index (κ2) is 5.66. The van der Waals surface area contributed by atoms with Crippen LogP contribution in [0.5, 0.6) is 5.75 Å². The highest BCUT2D eigenvalue weighted by Gasteiger charge is 2.25. The molecule has 1 unspecified atom stereocenters. The van der Waals surface area contributed by atoms with Crippen molar-refractivity contribution in [3.05, 3.63) is 52.5 Å². The number of benzene rings is 1. The average molecular weight is 324 g/mol. The highest BCUT2D eigenvalue weighted by atomic mass is 32.1. The van der Waals surface area contributed by atoms with E-state index < -0.39 is 0 Å². The second-order valence-corrected chi connectivity index (χ2v) is 6.69. The van der Waals surface area contributed by atoms with Crippen molar-refractivity contribution in [3.8, 4) is 5.75 Å². The molecule has 5 heteroatoms. The van der Waals surface area contributed by atoms with Crippen molar-refractivity contribution in [1.82, 2.24) is 4.98 Å². The van der Waals surface area contributed by atoms with Crippen LogP contribution in [0.15, 0.2) is 36.5 Å². The van der Waals surface area contributed by atoms with Crippen LogP contribution in [0.1, 0.15) is 33.3 Å². The van der Waals surface area contributed by atoms with Crippen LogP contribution < -0.4 is 10.1 Å². The van der Waals surface area contributed by atoms with Gasteiger partial charge in [0.25, 0.3) is 0 Å². The van der Waals surface area contributed by atoms with Crippen LogP contribution in [-0.4, -0.2) is 18.4 Å². The zero-order valence-electron chi connectivity index (χ0n) is 12.7. The van der Waals surface area contributed by atoms with Gasteiger partial charge in [-0.25, -0.2) is 4.98 Å². The Morgan fingerprint density at radius 2 is 2.30 bits per heavy atom. The third-order valence-electron chi connectivity index (χ3n) is 4.33. The lowest BCUT2D eigenvalue weighted by atomic mass is 10.1. The van der Waals surface area contributed by atoms with Crippen LogP contribution in [0.2, 0.25) is 0 Å². The van der Waals surface area contributed by atoms with E-state index in [0.717, 1.165) is 45.7 Å². The van der Waals surface area contributed by atoms with Crippen molar-refractivity contribution in [2.75, 3.05) is 12.4 Å². The molecule has 3 aromatic rings. The highest BCUT2D eigenvalue weighted by molar-refractivity contribution is 7.21. The van der Waals surface area contributed by atoms with E-state index in [0.29, 0.717) is 0 Å². The molecule has 1 aromatic carbocycles. The minimum absolute atomic E-state index is 0.222. The van der Waals surface area contributed by atoms with E-state index in [4.69, 9.17) is 4.74 Å². The maximum Gasteiger partial charge on any atom is 0.160 e. The van der Waals surface area contributed by atoms with E-state index in [-0.39, 0.29) is 6.04 Å². The number of hydrogen-bond donors (Lipinski definition) is 1. The van der Waals surface area contributed by atoms with Gasteiger partial charge in [0.1, 0.15) is 11.6 Å². The van der Waals surface area contributed by atoms with Crippen molar-refractivity contribution in [3.63, 3.8) is 0 Å². The maximum atomic E-state index is 11.0. The molecule has 23 heavy (non-hydrogen) atoms. The van der Waals surface area contributed by atoms with Gasteiger partial charge >= 0.3 is 0 Å². The van der Waals surface area contributed by atoms with E-state index in [1.54, 1.807) is 13.3 Å². The van der Waals surface area contributed by atoms with Crippen LogP contribution in [0, 0.1) is 0 Å². The Hall–Kier alpha value is -2.40. The van der Waals surface area contributed by atoms with Crippen LogP contribution in [0.25, 0.3) is 10.1 Å². The van der Waals surface area contributed by atoms with Gasteiger partial charge in [-0.15, -0.1) is 11.3 Å². The van der Waals surface area contributed by atoms with Crippen LogP contribution in [0.4, 0.5) is 5.82 Å². The zero-order chi connectivity index (χ0) is 15.8. The first-order valence-corrected chi connectivity index (χ1v) is 8.38. The topological polar surface area (TPSA) is 51.2 Å². The first-order chi connectivity index (χ1) is 11.3. The molecular weight excluding hydrogens is 308 g/mol. The Labute approximate surface area is 138 Å². The third-order valence-corrected chi connectivity index (χ3v) is 5.41. The number of aromatic nitrogens is 1. The summed E-state index contributed by atoms with van der Waals surface area (Å²) in [5, 5.41) is 4.61. The fraction of sp³-hybridized carbons (Fsp3) is 0.222. The number of nitrogens with zero attached hydrogens (tertiary/aromatic N) is 1. The standard InChI is InChI=1S/C18H16N2O2S/c1-22-16-4-2-3-13-14(16)5-6-15(13)20-18-17-11(7-8-19-18)9-12(10-21)23-17/h2-4,7-10,15H,5-6H2,1H3,(H,19,20). The molecule has 1 atom stereocenters. The summed E-state index contributed by atoms with van der Waals surface area (Å²) in [6, 6.07) is 10.3. The molecule has 1 N–H and O–H groups in total. The van der Waals surface area contributed by atoms with Crippen molar-refractivity contribution in [2.45, 2.75) is 18.9 Å². The highest BCUT2D eigenvalue weighted by Crippen LogP contribution is 2.40. The van der Waals surface area contributed by atoms with Crippen molar-refractivity contribution < 1.29 is 9.53 Å². The SMILES string of the molecule is COc1cccc2c1CCC2Nc1nccc2cc(C=O)sc12. The quantitative estimate of drug-likeness (QED) is 0.730. The molecule has 0 saturated heterocycles. The van der Waals surface area contributed by atoms with Crippen LogP contribution in [0.3, 0.4) is 0 Å². The summed E-state index contributed by atoms with van der Waals surface area (Å²) < 4.78 is 6.50. The minimum Gasteiger partial charge on any atom is -0.496 e. The third kappa shape index (κ3) is 2.37. The molecule has 0 bridgehead atoms.